The third-order valence-electron chi connectivity index (χ3n) is 4.88. The Bertz CT molecular complexity index is 1100. The molecule has 2 aromatic carbocycles. The predicted octanol–water partition coefficient (Wildman–Crippen LogP) is 4.93. The van der Waals surface area contributed by atoms with Gasteiger partial charge in [0.1, 0.15) is 5.82 Å². The van der Waals surface area contributed by atoms with Crippen molar-refractivity contribution in [1.82, 2.24) is 24.7 Å². The van der Waals surface area contributed by atoms with Crippen LogP contribution in [0, 0.1) is 13.8 Å². The summed E-state index contributed by atoms with van der Waals surface area (Å²) in [6, 6.07) is 16.7. The summed E-state index contributed by atoms with van der Waals surface area (Å²) >= 11 is 0. The molecule has 5 nitrogen and oxygen atoms in total. The fourth-order valence-corrected chi connectivity index (χ4v) is 3.26. The van der Waals surface area contributed by atoms with E-state index >= 15 is 0 Å². The zero-order chi connectivity index (χ0) is 19.5. The van der Waals surface area contributed by atoms with Crippen LogP contribution in [-0.4, -0.2) is 24.7 Å². The number of H-pyrrole nitrogens is 1. The van der Waals surface area contributed by atoms with Crippen molar-refractivity contribution >= 4 is 12.2 Å². The number of nitrogens with zero attached hydrogens (tertiary/aromatic N) is 4. The maximum absolute atomic E-state index is 4.31. The molecule has 28 heavy (non-hydrogen) atoms. The first-order chi connectivity index (χ1) is 13.6. The molecule has 4 rings (SSSR count). The molecular formula is C23H23N5. The number of benzene rings is 2. The van der Waals surface area contributed by atoms with Gasteiger partial charge in [0, 0.05) is 17.8 Å². The highest BCUT2D eigenvalue weighted by atomic mass is 15.2. The van der Waals surface area contributed by atoms with Crippen molar-refractivity contribution in [3.05, 3.63) is 95.1 Å². The van der Waals surface area contributed by atoms with E-state index in [1.165, 1.54) is 11.1 Å². The van der Waals surface area contributed by atoms with Gasteiger partial charge in [-0.2, -0.15) is 0 Å². The van der Waals surface area contributed by atoms with Gasteiger partial charge in [0.2, 0.25) is 0 Å². The summed E-state index contributed by atoms with van der Waals surface area (Å²) in [6.45, 7) is 6.23. The summed E-state index contributed by atoms with van der Waals surface area (Å²) in [5, 5.41) is 8.57. The van der Waals surface area contributed by atoms with Gasteiger partial charge in [-0.15, -0.1) is 10.2 Å². The van der Waals surface area contributed by atoms with E-state index in [1.54, 1.807) is 0 Å². The van der Waals surface area contributed by atoms with Crippen LogP contribution in [-0.2, 0) is 0 Å². The van der Waals surface area contributed by atoms with E-state index in [4.69, 9.17) is 0 Å². The Morgan fingerprint density at radius 3 is 2.54 bits per heavy atom. The molecule has 0 radical (unpaired) electrons. The van der Waals surface area contributed by atoms with Gasteiger partial charge < -0.3 is 9.55 Å². The Hall–Kier alpha value is -3.47. The van der Waals surface area contributed by atoms with Crippen molar-refractivity contribution in [2.45, 2.75) is 26.7 Å². The number of hydrogen-bond donors (Lipinski definition) is 1. The first kappa shape index (κ1) is 17.9. The molecule has 0 aliphatic carbocycles. The second-order valence-electron chi connectivity index (χ2n) is 7.03. The van der Waals surface area contributed by atoms with Crippen molar-refractivity contribution in [1.29, 1.82) is 0 Å². The predicted molar refractivity (Wildman–Crippen MR) is 112 cm³/mol. The van der Waals surface area contributed by atoms with Crippen LogP contribution in [0.15, 0.2) is 61.1 Å². The van der Waals surface area contributed by atoms with Gasteiger partial charge in [-0.3, -0.25) is 0 Å². The molecule has 2 heterocycles. The van der Waals surface area contributed by atoms with Crippen LogP contribution in [0.5, 0.6) is 0 Å². The van der Waals surface area contributed by atoms with Gasteiger partial charge in [-0.05, 0) is 48.7 Å². The van der Waals surface area contributed by atoms with Crippen molar-refractivity contribution in [3.63, 3.8) is 0 Å². The Morgan fingerprint density at radius 2 is 1.82 bits per heavy atom. The molecule has 140 valence electrons. The zero-order valence-corrected chi connectivity index (χ0v) is 16.3. The Morgan fingerprint density at radius 1 is 1.00 bits per heavy atom. The minimum atomic E-state index is 0.177. The number of aromatic amines is 1. The smallest absolute Gasteiger partial charge is 0.154 e. The molecule has 1 N–H and O–H groups in total. The average Bonchev–Trinajstić information content (AvgIpc) is 3.36. The lowest BCUT2D eigenvalue weighted by molar-refractivity contribution is 0.823. The third-order valence-corrected chi connectivity index (χ3v) is 4.88. The zero-order valence-electron chi connectivity index (χ0n) is 16.3. The van der Waals surface area contributed by atoms with Crippen LogP contribution >= 0.6 is 0 Å². The summed E-state index contributed by atoms with van der Waals surface area (Å²) in [4.78, 5) is 7.62. The summed E-state index contributed by atoms with van der Waals surface area (Å²) in [7, 11) is 0. The molecule has 2 aromatic heterocycles. The van der Waals surface area contributed by atoms with Crippen LogP contribution in [0.1, 0.15) is 46.9 Å². The molecule has 0 fully saturated rings. The normalized spacial score (nSPS) is 12.5. The van der Waals surface area contributed by atoms with E-state index in [-0.39, 0.29) is 5.92 Å². The van der Waals surface area contributed by atoms with Gasteiger partial charge in [0.25, 0.3) is 0 Å². The minimum absolute atomic E-state index is 0.177. The fourth-order valence-electron chi connectivity index (χ4n) is 3.26. The van der Waals surface area contributed by atoms with Crippen molar-refractivity contribution in [3.8, 4) is 5.69 Å². The molecule has 5 heteroatoms. The van der Waals surface area contributed by atoms with Gasteiger partial charge in [0.05, 0.1) is 12.0 Å². The van der Waals surface area contributed by atoms with E-state index in [1.807, 2.05) is 54.4 Å². The van der Waals surface area contributed by atoms with Crippen molar-refractivity contribution < 1.29 is 0 Å². The maximum Gasteiger partial charge on any atom is 0.154 e. The molecule has 0 spiro atoms. The molecule has 1 unspecified atom stereocenters. The quantitative estimate of drug-likeness (QED) is 0.543. The number of rotatable bonds is 5. The highest BCUT2D eigenvalue weighted by molar-refractivity contribution is 5.68. The van der Waals surface area contributed by atoms with E-state index in [0.717, 1.165) is 28.6 Å². The molecule has 0 saturated heterocycles. The summed E-state index contributed by atoms with van der Waals surface area (Å²) in [5.74, 6) is 1.80. The number of aryl methyl sites for hydroxylation is 2. The van der Waals surface area contributed by atoms with Gasteiger partial charge in [0.15, 0.2) is 5.82 Å². The number of nitrogens with one attached hydrogen (secondary N) is 1. The lowest BCUT2D eigenvalue weighted by Gasteiger charge is -2.07. The highest BCUT2D eigenvalue weighted by Gasteiger charge is 2.12. The maximum atomic E-state index is 4.31. The molecule has 0 amide bonds. The number of aromatic nitrogens is 5. The molecule has 1 atom stereocenters. The molecule has 0 bridgehead atoms. The topological polar surface area (TPSA) is 59.4 Å². The first-order valence-corrected chi connectivity index (χ1v) is 9.37. The summed E-state index contributed by atoms with van der Waals surface area (Å²) < 4.78 is 2.05. The Balaban J connectivity index is 1.50. The van der Waals surface area contributed by atoms with Gasteiger partial charge in [-0.1, -0.05) is 49.4 Å². The number of hydrogen-bond acceptors (Lipinski definition) is 3. The van der Waals surface area contributed by atoms with Crippen LogP contribution in [0.4, 0.5) is 0 Å². The van der Waals surface area contributed by atoms with Gasteiger partial charge >= 0.3 is 0 Å². The van der Waals surface area contributed by atoms with Crippen LogP contribution < -0.4 is 0 Å². The molecule has 4 aromatic rings. The standard InChI is InChI=1S/C23H23N5/c1-16-13-19(9-11-21(16)28-14-17(2)24-15-28)10-12-22-25-23(27-26-22)18(3)20-7-5-4-6-8-20/h4-15,18H,1-3H3,(H,25,26,27)/b12-10+. The Labute approximate surface area is 164 Å². The van der Waals surface area contributed by atoms with Crippen LogP contribution in [0.25, 0.3) is 17.8 Å². The van der Waals surface area contributed by atoms with E-state index in [9.17, 15) is 0 Å². The Kier molecular flexibility index (Phi) is 4.89. The largest absolute Gasteiger partial charge is 0.325 e. The minimum Gasteiger partial charge on any atom is -0.325 e. The lowest BCUT2D eigenvalue weighted by atomic mass is 10.0. The van der Waals surface area contributed by atoms with Crippen LogP contribution in [0.3, 0.4) is 0 Å². The third kappa shape index (κ3) is 3.78. The fraction of sp³-hybridized carbons (Fsp3) is 0.174. The van der Waals surface area contributed by atoms with Crippen LogP contribution in [0.2, 0.25) is 0 Å². The molecule has 0 saturated carbocycles. The van der Waals surface area contributed by atoms with Crippen molar-refractivity contribution in [2.75, 3.05) is 0 Å². The molecular weight excluding hydrogens is 346 g/mol. The molecule has 0 aliphatic heterocycles. The van der Waals surface area contributed by atoms with E-state index < -0.39 is 0 Å². The van der Waals surface area contributed by atoms with Crippen molar-refractivity contribution in [2.24, 2.45) is 0 Å². The van der Waals surface area contributed by atoms with E-state index in [0.29, 0.717) is 0 Å². The SMILES string of the molecule is Cc1cn(-c2ccc(/C=C/c3nnc(C(C)c4ccccc4)[nH]3)cc2C)cn1. The second-order valence-corrected chi connectivity index (χ2v) is 7.03. The first-order valence-electron chi connectivity index (χ1n) is 9.37. The summed E-state index contributed by atoms with van der Waals surface area (Å²) in [6.07, 6.45) is 7.89. The van der Waals surface area contributed by atoms with E-state index in [2.05, 4.69) is 64.3 Å². The highest BCUT2D eigenvalue weighted by Crippen LogP contribution is 2.21. The lowest BCUT2D eigenvalue weighted by Crippen LogP contribution is -1.98. The molecule has 0 aliphatic rings. The number of imidazole rings is 1. The average molecular weight is 369 g/mol. The monoisotopic (exact) mass is 369 g/mol. The summed E-state index contributed by atoms with van der Waals surface area (Å²) in [5.41, 5.74) is 5.67. The van der Waals surface area contributed by atoms with Gasteiger partial charge in [-0.25, -0.2) is 4.98 Å². The second kappa shape index (κ2) is 7.64.